The highest BCUT2D eigenvalue weighted by molar-refractivity contribution is 5.47. The van der Waals surface area contributed by atoms with Gasteiger partial charge in [-0.2, -0.15) is 0 Å². The molecule has 0 atom stereocenters. The van der Waals surface area contributed by atoms with Gasteiger partial charge < -0.3 is 0 Å². The smallest absolute Gasteiger partial charge is 0.231 e. The Labute approximate surface area is 86.3 Å². The van der Waals surface area contributed by atoms with Crippen LogP contribution in [0, 0.1) is 0 Å². The predicted molar refractivity (Wildman–Crippen MR) is 60.9 cm³/mol. The summed E-state index contributed by atoms with van der Waals surface area (Å²) in [6, 6.07) is 10.6. The van der Waals surface area contributed by atoms with Gasteiger partial charge in [-0.25, -0.2) is 0 Å². The zero-order chi connectivity index (χ0) is 10.2. The van der Waals surface area contributed by atoms with Crippen LogP contribution in [0.4, 0.5) is 0 Å². The Morgan fingerprint density at radius 1 is 1.21 bits per heavy atom. The van der Waals surface area contributed by atoms with Gasteiger partial charge in [0.1, 0.15) is 0 Å². The quantitative estimate of drug-likeness (QED) is 0.323. The molecule has 76 valence electrons. The lowest BCUT2D eigenvalue weighted by atomic mass is 10.1. The van der Waals surface area contributed by atoms with Crippen LogP contribution >= 0.6 is 0 Å². The number of hydrogen-bond acceptors (Lipinski definition) is 0. The first kappa shape index (κ1) is 10.8. The van der Waals surface area contributed by atoms with Gasteiger partial charge in [-0.1, -0.05) is 30.3 Å². The maximum atomic E-state index is 3.26. The van der Waals surface area contributed by atoms with E-state index in [1.165, 1.54) is 12.0 Å². The number of nitrogens with one attached hydrogen (secondary N) is 1. The number of benzene rings is 1. The zero-order valence-corrected chi connectivity index (χ0v) is 9.03. The number of aryl methyl sites for hydroxylation is 1. The fourth-order valence-corrected chi connectivity index (χ4v) is 1.29. The van der Waals surface area contributed by atoms with Crippen molar-refractivity contribution in [1.29, 1.82) is 0 Å². The molecule has 0 saturated carbocycles. The Bertz CT molecular complexity index is 274. The van der Waals surface area contributed by atoms with E-state index >= 15 is 0 Å². The molecule has 0 saturated heterocycles. The molecule has 1 aromatic rings. The number of rotatable bonds is 5. The van der Waals surface area contributed by atoms with E-state index in [1.54, 1.807) is 0 Å². The monoisotopic (exact) mass is 191 g/mol. The third-order valence-corrected chi connectivity index (χ3v) is 1.98. The van der Waals surface area contributed by atoms with E-state index in [0.29, 0.717) is 0 Å². The summed E-state index contributed by atoms with van der Waals surface area (Å²) in [4.78, 5) is 0. The lowest BCUT2D eigenvalue weighted by Gasteiger charge is -1.98. The molecule has 1 rings (SSSR count). The SMILES string of the molecule is C[N+](C)=CNCCCc1ccccc1. The molecule has 0 aromatic heterocycles. The van der Waals surface area contributed by atoms with E-state index in [1.807, 2.05) is 25.0 Å². The minimum Gasteiger partial charge on any atom is -0.281 e. The second-order valence-corrected chi connectivity index (χ2v) is 3.64. The van der Waals surface area contributed by atoms with E-state index in [9.17, 15) is 0 Å². The summed E-state index contributed by atoms with van der Waals surface area (Å²) in [5.74, 6) is 0. The van der Waals surface area contributed by atoms with Crippen LogP contribution in [0.15, 0.2) is 30.3 Å². The molecular formula is C12H19N2+. The fourth-order valence-electron chi connectivity index (χ4n) is 1.29. The number of hydrogen-bond donors (Lipinski definition) is 1. The first-order chi connectivity index (χ1) is 6.79. The molecule has 14 heavy (non-hydrogen) atoms. The van der Waals surface area contributed by atoms with Gasteiger partial charge in [0.25, 0.3) is 0 Å². The Hall–Kier alpha value is -1.31. The van der Waals surface area contributed by atoms with Crippen molar-refractivity contribution in [3.63, 3.8) is 0 Å². The van der Waals surface area contributed by atoms with E-state index in [-0.39, 0.29) is 0 Å². The van der Waals surface area contributed by atoms with Gasteiger partial charge in [-0.05, 0) is 18.4 Å². The summed E-state index contributed by atoms with van der Waals surface area (Å²) in [5.41, 5.74) is 1.42. The van der Waals surface area contributed by atoms with Crippen molar-refractivity contribution in [2.45, 2.75) is 12.8 Å². The van der Waals surface area contributed by atoms with Gasteiger partial charge in [-0.15, -0.1) is 0 Å². The molecule has 2 heteroatoms. The first-order valence-electron chi connectivity index (χ1n) is 5.06. The van der Waals surface area contributed by atoms with Crippen LogP contribution < -0.4 is 5.32 Å². The molecule has 0 aliphatic rings. The van der Waals surface area contributed by atoms with Gasteiger partial charge in [0.15, 0.2) is 0 Å². The highest BCUT2D eigenvalue weighted by Gasteiger charge is 1.92. The maximum absolute atomic E-state index is 3.26. The first-order valence-corrected chi connectivity index (χ1v) is 5.06. The summed E-state index contributed by atoms with van der Waals surface area (Å²) < 4.78 is 2.02. The van der Waals surface area contributed by atoms with Crippen molar-refractivity contribution in [2.24, 2.45) is 0 Å². The van der Waals surface area contributed by atoms with Crippen molar-refractivity contribution in [2.75, 3.05) is 20.6 Å². The molecule has 1 aromatic carbocycles. The summed E-state index contributed by atoms with van der Waals surface area (Å²) >= 11 is 0. The van der Waals surface area contributed by atoms with Crippen LogP contribution in [0.1, 0.15) is 12.0 Å². The highest BCUT2D eigenvalue weighted by Crippen LogP contribution is 2.00. The Kier molecular flexibility index (Phi) is 4.76. The van der Waals surface area contributed by atoms with Crippen molar-refractivity contribution in [3.8, 4) is 0 Å². The van der Waals surface area contributed by atoms with E-state index < -0.39 is 0 Å². The van der Waals surface area contributed by atoms with Crippen LogP contribution in [0.3, 0.4) is 0 Å². The summed E-state index contributed by atoms with van der Waals surface area (Å²) in [5, 5.41) is 3.26. The third-order valence-electron chi connectivity index (χ3n) is 1.98. The summed E-state index contributed by atoms with van der Waals surface area (Å²) in [6.07, 6.45) is 4.31. The molecule has 0 spiro atoms. The molecule has 1 N–H and O–H groups in total. The minimum absolute atomic E-state index is 1.03. The molecule has 2 nitrogen and oxygen atoms in total. The fraction of sp³-hybridized carbons (Fsp3) is 0.417. The molecule has 0 amide bonds. The minimum atomic E-state index is 1.03. The van der Waals surface area contributed by atoms with E-state index in [0.717, 1.165) is 13.0 Å². The molecule has 0 unspecified atom stereocenters. The highest BCUT2D eigenvalue weighted by atomic mass is 15.0. The van der Waals surface area contributed by atoms with Crippen molar-refractivity contribution in [3.05, 3.63) is 35.9 Å². The van der Waals surface area contributed by atoms with Gasteiger partial charge in [0, 0.05) is 0 Å². The van der Waals surface area contributed by atoms with Crippen LogP contribution in [0.25, 0.3) is 0 Å². The van der Waals surface area contributed by atoms with Gasteiger partial charge in [0.2, 0.25) is 6.34 Å². The van der Waals surface area contributed by atoms with E-state index in [4.69, 9.17) is 0 Å². The van der Waals surface area contributed by atoms with Crippen LogP contribution in [-0.4, -0.2) is 31.6 Å². The van der Waals surface area contributed by atoms with Gasteiger partial charge >= 0.3 is 0 Å². The molecule has 0 bridgehead atoms. The largest absolute Gasteiger partial charge is 0.281 e. The average molecular weight is 191 g/mol. The molecule has 0 fully saturated rings. The van der Waals surface area contributed by atoms with Crippen molar-refractivity contribution >= 4 is 6.34 Å². The molecule has 0 radical (unpaired) electrons. The molecule has 0 aliphatic carbocycles. The second-order valence-electron chi connectivity index (χ2n) is 3.64. The van der Waals surface area contributed by atoms with Crippen LogP contribution in [-0.2, 0) is 6.42 Å². The molecule has 0 heterocycles. The normalized spacial score (nSPS) is 9.57. The zero-order valence-electron chi connectivity index (χ0n) is 9.03. The Balaban J connectivity index is 2.14. The summed E-state index contributed by atoms with van der Waals surface area (Å²) in [7, 11) is 4.04. The van der Waals surface area contributed by atoms with Crippen molar-refractivity contribution in [1.82, 2.24) is 5.32 Å². The molecular weight excluding hydrogens is 172 g/mol. The number of nitrogens with zero attached hydrogens (tertiary/aromatic N) is 1. The standard InChI is InChI=1S/C12H18N2/c1-14(2)11-13-10-6-9-12-7-4-3-5-8-12/h3-5,7-8,11H,6,9-10H2,1-2H3/p+1. The lowest BCUT2D eigenvalue weighted by molar-refractivity contribution is -0.461. The third kappa shape index (κ3) is 4.65. The van der Waals surface area contributed by atoms with Crippen LogP contribution in [0.2, 0.25) is 0 Å². The molecule has 0 aliphatic heterocycles. The maximum Gasteiger partial charge on any atom is 0.231 e. The van der Waals surface area contributed by atoms with Crippen molar-refractivity contribution < 1.29 is 4.58 Å². The lowest BCUT2D eigenvalue weighted by Crippen LogP contribution is -2.19. The van der Waals surface area contributed by atoms with Gasteiger partial charge in [-0.3, -0.25) is 9.89 Å². The predicted octanol–water partition coefficient (Wildman–Crippen LogP) is 1.51. The summed E-state index contributed by atoms with van der Waals surface area (Å²) in [6.45, 7) is 1.03. The van der Waals surface area contributed by atoms with Crippen LogP contribution in [0.5, 0.6) is 0 Å². The van der Waals surface area contributed by atoms with Gasteiger partial charge in [0.05, 0.1) is 20.6 Å². The topological polar surface area (TPSA) is 15.0 Å². The Morgan fingerprint density at radius 2 is 1.93 bits per heavy atom. The second kappa shape index (κ2) is 6.19. The average Bonchev–Trinajstić information content (AvgIpc) is 2.18. The van der Waals surface area contributed by atoms with E-state index in [2.05, 4.69) is 35.6 Å². The Morgan fingerprint density at radius 3 is 2.57 bits per heavy atom.